The van der Waals surface area contributed by atoms with Crippen LogP contribution in [0.1, 0.15) is 48.0 Å². The molecular formula is C32H40N2O7. The number of benzene rings is 1. The normalized spacial score (nSPS) is 43.1. The first-order valence-electron chi connectivity index (χ1n) is 14.7. The number of carbonyl (C=O) groups excluding carboxylic acids is 2. The summed E-state index contributed by atoms with van der Waals surface area (Å²) in [4.78, 5) is 27.7. The molecule has 0 aromatic heterocycles. The molecule has 9 nitrogen and oxygen atoms in total. The van der Waals surface area contributed by atoms with Gasteiger partial charge in [-0.05, 0) is 73.6 Å². The highest BCUT2D eigenvalue weighted by molar-refractivity contribution is 6.08. The van der Waals surface area contributed by atoms with E-state index in [-0.39, 0.29) is 42.2 Å². The highest BCUT2D eigenvalue weighted by atomic mass is 16.7. The number of aliphatic hydroxyl groups excluding tert-OH is 1. The van der Waals surface area contributed by atoms with Crippen LogP contribution in [0.4, 0.5) is 16.2 Å². The largest absolute Gasteiger partial charge is 0.438 e. The fourth-order valence-electron chi connectivity index (χ4n) is 9.17. The van der Waals surface area contributed by atoms with Gasteiger partial charge in [0.05, 0.1) is 29.5 Å². The Bertz CT molecular complexity index is 1400. The fraction of sp³-hybridized carbons (Fsp3) is 0.625. The summed E-state index contributed by atoms with van der Waals surface area (Å²) >= 11 is 0. The van der Waals surface area contributed by atoms with Gasteiger partial charge in [0.25, 0.3) is 0 Å². The van der Waals surface area contributed by atoms with Crippen LogP contribution in [-0.4, -0.2) is 65.1 Å². The molecule has 7 rings (SSSR count). The summed E-state index contributed by atoms with van der Waals surface area (Å²) in [7, 11) is 0. The number of nitrogens with zero attached hydrogens (tertiary/aromatic N) is 1. The van der Waals surface area contributed by atoms with Crippen molar-refractivity contribution in [3.63, 3.8) is 0 Å². The first kappa shape index (κ1) is 27.1. The van der Waals surface area contributed by atoms with E-state index in [0.717, 1.165) is 12.0 Å². The van der Waals surface area contributed by atoms with E-state index < -0.39 is 41.2 Å². The highest BCUT2D eigenvalue weighted by Crippen LogP contribution is 2.73. The number of nitrogens with one attached hydrogen (secondary N) is 1. The van der Waals surface area contributed by atoms with Crippen LogP contribution >= 0.6 is 0 Å². The zero-order valence-electron chi connectivity index (χ0n) is 24.5. The molecule has 6 aliphatic rings. The zero-order chi connectivity index (χ0) is 29.3. The van der Waals surface area contributed by atoms with E-state index in [4.69, 9.17) is 14.2 Å². The van der Waals surface area contributed by atoms with Gasteiger partial charge in [-0.25, -0.2) is 4.79 Å². The van der Waals surface area contributed by atoms with Crippen molar-refractivity contribution < 1.29 is 34.0 Å². The maximum absolute atomic E-state index is 13.9. The van der Waals surface area contributed by atoms with Crippen molar-refractivity contribution in [2.75, 3.05) is 23.4 Å². The van der Waals surface area contributed by atoms with E-state index >= 15 is 0 Å². The van der Waals surface area contributed by atoms with E-state index in [0.29, 0.717) is 22.9 Å². The minimum atomic E-state index is -1.81. The molecule has 41 heavy (non-hydrogen) atoms. The predicted molar refractivity (Wildman–Crippen MR) is 151 cm³/mol. The second-order valence-electron chi connectivity index (χ2n) is 14.1. The van der Waals surface area contributed by atoms with Crippen LogP contribution in [0.2, 0.25) is 0 Å². The fourth-order valence-corrected chi connectivity index (χ4v) is 9.17. The third-order valence-corrected chi connectivity index (χ3v) is 11.1. The van der Waals surface area contributed by atoms with Crippen LogP contribution < -0.4 is 10.2 Å². The Morgan fingerprint density at radius 3 is 2.68 bits per heavy atom. The zero-order valence-corrected chi connectivity index (χ0v) is 24.5. The maximum Gasteiger partial charge on any atom is 0.415 e. The molecule has 3 N–H and O–H groups in total. The second kappa shape index (κ2) is 8.43. The lowest BCUT2D eigenvalue weighted by Gasteiger charge is -2.55. The van der Waals surface area contributed by atoms with Crippen molar-refractivity contribution in [2.24, 2.45) is 34.5 Å². The van der Waals surface area contributed by atoms with Crippen LogP contribution in [0.5, 0.6) is 0 Å². The number of fused-ring (bicyclic) bond motifs is 6. The van der Waals surface area contributed by atoms with Crippen molar-refractivity contribution >= 4 is 23.4 Å². The minimum Gasteiger partial charge on any atom is -0.438 e. The van der Waals surface area contributed by atoms with Crippen LogP contribution in [-0.2, 0) is 19.0 Å². The number of rotatable bonds is 1. The first-order valence-corrected chi connectivity index (χ1v) is 14.7. The molecule has 2 amide bonds. The molecule has 4 aliphatic carbocycles. The number of hydrogen-bond donors (Lipinski definition) is 3. The van der Waals surface area contributed by atoms with Gasteiger partial charge in [0.2, 0.25) is 5.91 Å². The lowest BCUT2D eigenvalue weighted by molar-refractivity contribution is -0.311. The van der Waals surface area contributed by atoms with Gasteiger partial charge in [0.1, 0.15) is 18.2 Å². The maximum atomic E-state index is 13.9. The number of amides is 2. The van der Waals surface area contributed by atoms with Gasteiger partial charge in [0, 0.05) is 5.92 Å². The average Bonchev–Trinajstić information content (AvgIpc) is 3.40. The van der Waals surface area contributed by atoms with Gasteiger partial charge in [-0.15, -0.1) is 0 Å². The van der Waals surface area contributed by atoms with Gasteiger partial charge in [-0.1, -0.05) is 45.1 Å². The molecule has 9 atom stereocenters. The lowest BCUT2D eigenvalue weighted by Crippen LogP contribution is -2.69. The summed E-state index contributed by atoms with van der Waals surface area (Å²) < 4.78 is 18.8. The molecule has 1 spiro atoms. The number of ether oxygens (including phenoxy) is 3. The molecular weight excluding hydrogens is 524 g/mol. The second-order valence-corrected chi connectivity index (χ2v) is 14.1. The van der Waals surface area contributed by atoms with Crippen molar-refractivity contribution in [3.8, 4) is 0 Å². The Balaban J connectivity index is 1.34. The summed E-state index contributed by atoms with van der Waals surface area (Å²) in [6, 6.07) is 7.05. The van der Waals surface area contributed by atoms with E-state index in [1.54, 1.807) is 24.3 Å². The van der Waals surface area contributed by atoms with Gasteiger partial charge in [-0.3, -0.25) is 9.69 Å². The average molecular weight is 565 g/mol. The van der Waals surface area contributed by atoms with Gasteiger partial charge >= 0.3 is 6.09 Å². The number of para-hydroxylation sites is 2. The summed E-state index contributed by atoms with van der Waals surface area (Å²) in [5, 5.41) is 28.4. The van der Waals surface area contributed by atoms with Crippen LogP contribution in [0.15, 0.2) is 47.6 Å². The molecule has 2 bridgehead atoms. The molecule has 0 radical (unpaired) electrons. The standard InChI is InChI=1S/C32H40N2O7/c1-16-13-31-17(2)11-20-24(29(20,3)4)19(25(31)36)12-18-15-39-30(5,6)41-27(18)32(31,38)26(16)40-28(37)34-14-23(35)33-21-9-7-8-10-22(21)34/h7-10,12-13,17,19-20,24-27,36,38H,11,14-15H2,1-6H3,(H,33,35)/t17-,19+,20-,24+,25?,26+,27-,31+,32-/m1/s1. The van der Waals surface area contributed by atoms with Crippen LogP contribution in [0.3, 0.4) is 0 Å². The number of hydrogen-bond acceptors (Lipinski definition) is 7. The molecule has 3 fully saturated rings. The summed E-state index contributed by atoms with van der Waals surface area (Å²) in [6.45, 7) is 12.1. The van der Waals surface area contributed by atoms with Crippen LogP contribution in [0.25, 0.3) is 0 Å². The van der Waals surface area contributed by atoms with E-state index in [1.165, 1.54) is 4.90 Å². The minimum absolute atomic E-state index is 0.0671. The molecule has 2 heterocycles. The Kier molecular flexibility index (Phi) is 5.58. The van der Waals surface area contributed by atoms with Crippen molar-refractivity contribution in [1.82, 2.24) is 0 Å². The number of aliphatic hydroxyl groups is 2. The van der Waals surface area contributed by atoms with E-state index in [2.05, 4.69) is 32.2 Å². The van der Waals surface area contributed by atoms with Gasteiger partial charge in [0.15, 0.2) is 11.9 Å². The van der Waals surface area contributed by atoms with Crippen molar-refractivity contribution in [3.05, 3.63) is 47.6 Å². The Morgan fingerprint density at radius 2 is 1.93 bits per heavy atom. The molecule has 9 heteroatoms. The third-order valence-electron chi connectivity index (χ3n) is 11.1. The quantitative estimate of drug-likeness (QED) is 0.441. The molecule has 1 unspecified atom stereocenters. The molecule has 2 saturated carbocycles. The Morgan fingerprint density at radius 1 is 1.20 bits per heavy atom. The van der Waals surface area contributed by atoms with Crippen molar-refractivity contribution in [2.45, 2.75) is 77.7 Å². The summed E-state index contributed by atoms with van der Waals surface area (Å²) in [6.07, 6.45) is 1.21. The predicted octanol–water partition coefficient (Wildman–Crippen LogP) is 4.01. The number of anilines is 2. The van der Waals surface area contributed by atoms with Crippen LogP contribution in [0, 0.1) is 34.5 Å². The Hall–Kier alpha value is -2.72. The third kappa shape index (κ3) is 3.49. The number of carbonyl (C=O) groups is 2. The summed E-state index contributed by atoms with van der Waals surface area (Å²) in [5.41, 5.74) is -0.424. The topological polar surface area (TPSA) is 118 Å². The summed E-state index contributed by atoms with van der Waals surface area (Å²) in [5.74, 6) is -1.03. The van der Waals surface area contributed by atoms with E-state index in [1.807, 2.05) is 26.8 Å². The lowest BCUT2D eigenvalue weighted by atomic mass is 9.58. The molecule has 2 aliphatic heterocycles. The van der Waals surface area contributed by atoms with Gasteiger partial charge < -0.3 is 29.7 Å². The smallest absolute Gasteiger partial charge is 0.415 e. The molecule has 1 saturated heterocycles. The monoisotopic (exact) mass is 564 g/mol. The van der Waals surface area contributed by atoms with Crippen molar-refractivity contribution in [1.29, 1.82) is 0 Å². The van der Waals surface area contributed by atoms with Gasteiger partial charge in [-0.2, -0.15) is 0 Å². The SMILES string of the molecule is CC1=C[C@]23C(O)[C@@H](C=C4COC(C)(C)O[C@H]4[C@]2(O)[C@H]1OC(=O)N1CC(=O)Nc2ccccc21)[C@H]1[C@@H](C[C@H]3C)C1(C)C. The molecule has 220 valence electrons. The highest BCUT2D eigenvalue weighted by Gasteiger charge is 2.77. The first-order chi connectivity index (χ1) is 19.2. The Labute approximate surface area is 240 Å². The van der Waals surface area contributed by atoms with E-state index in [9.17, 15) is 19.8 Å². The molecule has 1 aromatic rings. The molecule has 1 aromatic carbocycles.